The maximum Gasteiger partial charge on any atom is 1.00 e. The number of hydroxylamine groups is 2. The summed E-state index contributed by atoms with van der Waals surface area (Å²) >= 11 is 5.93. The molecule has 0 bridgehead atoms. The number of rotatable bonds is 4. The van der Waals surface area contributed by atoms with Crippen molar-refractivity contribution in [1.82, 2.24) is 5.06 Å². The largest absolute Gasteiger partial charge is 1.00 e. The molecule has 22 heavy (non-hydrogen) atoms. The fourth-order valence-corrected chi connectivity index (χ4v) is 2.13. The van der Waals surface area contributed by atoms with E-state index >= 15 is 0 Å². The fraction of sp³-hybridized carbons (Fsp3) is 0.0667. The van der Waals surface area contributed by atoms with Gasteiger partial charge in [-0.05, 0) is 18.2 Å². The molecule has 0 saturated heterocycles. The number of hydrogen-bond donors (Lipinski definition) is 2. The van der Waals surface area contributed by atoms with Gasteiger partial charge in [-0.2, -0.15) is 0 Å². The summed E-state index contributed by atoms with van der Waals surface area (Å²) in [7, 11) is 0. The summed E-state index contributed by atoms with van der Waals surface area (Å²) in [6.07, 6.45) is 4.54. The molecule has 0 unspecified atom stereocenters. The summed E-state index contributed by atoms with van der Waals surface area (Å²) < 4.78 is 0. The van der Waals surface area contributed by atoms with Gasteiger partial charge in [-0.1, -0.05) is 41.9 Å². The summed E-state index contributed by atoms with van der Waals surface area (Å²) in [6.45, 7) is -0.712. The van der Waals surface area contributed by atoms with E-state index in [0.29, 0.717) is 21.2 Å². The van der Waals surface area contributed by atoms with E-state index in [9.17, 15) is 15.1 Å². The second-order valence-corrected chi connectivity index (χ2v) is 4.77. The van der Waals surface area contributed by atoms with Gasteiger partial charge in [-0.15, -0.1) is 0 Å². The molecule has 1 aliphatic carbocycles. The third-order valence-electron chi connectivity index (χ3n) is 2.82. The number of aliphatic carboxylic acids is 1. The monoisotopic (exact) mass is 326 g/mol. The Kier molecular flexibility index (Phi) is 7.06. The molecule has 7 heteroatoms. The van der Waals surface area contributed by atoms with Crippen LogP contribution in [0.15, 0.2) is 59.2 Å². The van der Waals surface area contributed by atoms with E-state index < -0.39 is 12.5 Å². The molecule has 0 saturated carbocycles. The summed E-state index contributed by atoms with van der Waals surface area (Å²) in [5.74, 6) is -1.43. The van der Waals surface area contributed by atoms with Crippen molar-refractivity contribution in [2.75, 3.05) is 6.54 Å². The molecule has 108 valence electrons. The molecule has 0 fully saturated rings. The van der Waals surface area contributed by atoms with Crippen LogP contribution in [0.1, 0.15) is 5.56 Å². The van der Waals surface area contributed by atoms with Crippen molar-refractivity contribution in [3.8, 4) is 0 Å². The maximum absolute atomic E-state index is 10.7. The molecule has 2 rings (SSSR count). The number of carbonyl (C=O) groups excluding carboxylic acids is 1. The van der Waals surface area contributed by atoms with E-state index in [1.807, 2.05) is 0 Å². The Labute approximate surface area is 155 Å². The van der Waals surface area contributed by atoms with Crippen molar-refractivity contribution >= 4 is 29.0 Å². The van der Waals surface area contributed by atoms with Crippen molar-refractivity contribution in [1.29, 1.82) is 5.41 Å². The van der Waals surface area contributed by atoms with Crippen molar-refractivity contribution in [2.24, 2.45) is 0 Å². The van der Waals surface area contributed by atoms with E-state index in [-0.39, 0.29) is 41.0 Å². The second-order valence-electron chi connectivity index (χ2n) is 4.33. The first-order valence-electron chi connectivity index (χ1n) is 6.09. The molecule has 0 heterocycles. The zero-order valence-electron chi connectivity index (χ0n) is 11.9. The molecule has 1 aromatic rings. The predicted octanol–water partition coefficient (Wildman–Crippen LogP) is -1.44. The molecule has 5 nitrogen and oxygen atoms in total. The first kappa shape index (κ1) is 18.7. The van der Waals surface area contributed by atoms with E-state index in [0.717, 1.165) is 0 Å². The van der Waals surface area contributed by atoms with Gasteiger partial charge in [0, 0.05) is 16.2 Å². The van der Waals surface area contributed by atoms with Gasteiger partial charge >= 0.3 is 29.6 Å². The minimum absolute atomic E-state index is 0. The number of hydrogen-bond acceptors (Lipinski definition) is 5. The van der Waals surface area contributed by atoms with Crippen LogP contribution in [0.2, 0.25) is 0 Å². The number of halogens is 1. The Morgan fingerprint density at radius 1 is 1.27 bits per heavy atom. The van der Waals surface area contributed by atoms with Gasteiger partial charge in [0.25, 0.3) is 0 Å². The van der Waals surface area contributed by atoms with Crippen LogP contribution in [-0.2, 0) is 4.79 Å². The van der Waals surface area contributed by atoms with Gasteiger partial charge in [0.05, 0.1) is 23.9 Å². The minimum atomic E-state index is -1.43. The van der Waals surface area contributed by atoms with Crippen LogP contribution in [0.3, 0.4) is 0 Å². The van der Waals surface area contributed by atoms with Gasteiger partial charge in [-0.3, -0.25) is 10.3 Å². The number of carboxylic acids is 1. The van der Waals surface area contributed by atoms with E-state index in [2.05, 4.69) is 0 Å². The average molecular weight is 327 g/mol. The van der Waals surface area contributed by atoms with Crippen molar-refractivity contribution in [3.05, 3.63) is 64.7 Å². The Bertz CT molecular complexity index is 669. The first-order valence-corrected chi connectivity index (χ1v) is 6.47. The van der Waals surface area contributed by atoms with Crippen molar-refractivity contribution in [3.63, 3.8) is 0 Å². The van der Waals surface area contributed by atoms with Gasteiger partial charge in [0.1, 0.15) is 0 Å². The average Bonchev–Trinajstić information content (AvgIpc) is 2.43. The van der Waals surface area contributed by atoms with Crippen molar-refractivity contribution in [2.45, 2.75) is 0 Å². The molecular formula is C15H12ClN2NaO3. The molecule has 0 atom stereocenters. The molecule has 0 spiro atoms. The molecule has 0 aromatic heterocycles. The standard InChI is InChI=1S/C15H13ClN2O3.Na/c16-11-6-7-13(17)12(8-11)15(18(21)9-14(19)20)10-4-2-1-3-5-10;/h1-8,17,21H,9H2,(H,19,20);/q;+1/p-1/b15-12-,17-13?;. The number of carboxylic acid groups (broad SMARTS) is 1. The van der Waals surface area contributed by atoms with Gasteiger partial charge in [0.2, 0.25) is 0 Å². The second kappa shape index (κ2) is 8.31. The van der Waals surface area contributed by atoms with E-state index in [1.54, 1.807) is 36.4 Å². The van der Waals surface area contributed by atoms with E-state index in [4.69, 9.17) is 17.0 Å². The normalized spacial score (nSPS) is 15.7. The Morgan fingerprint density at radius 2 is 1.91 bits per heavy atom. The van der Waals surface area contributed by atoms with Crippen LogP contribution in [0.25, 0.3) is 5.70 Å². The van der Waals surface area contributed by atoms with Crippen LogP contribution < -0.4 is 34.7 Å². The van der Waals surface area contributed by atoms with Gasteiger partial charge < -0.3 is 15.3 Å². The quantitative estimate of drug-likeness (QED) is 0.524. The SMILES string of the molecule is N=C1C=CC(Cl)=C/C1=C(\c1ccccc1)N(O)CC(=O)[O-].[Na+]. The number of benzene rings is 1. The molecule has 2 N–H and O–H groups in total. The maximum atomic E-state index is 10.7. The number of allylic oxidation sites excluding steroid dienone is 5. The summed E-state index contributed by atoms with van der Waals surface area (Å²) in [4.78, 5) is 10.7. The fourth-order valence-electron chi connectivity index (χ4n) is 1.95. The smallest absolute Gasteiger partial charge is 0.548 e. The minimum Gasteiger partial charge on any atom is -0.548 e. The predicted molar refractivity (Wildman–Crippen MR) is 77.7 cm³/mol. The Morgan fingerprint density at radius 3 is 2.50 bits per heavy atom. The molecule has 0 radical (unpaired) electrons. The van der Waals surface area contributed by atoms with Crippen LogP contribution in [0, 0.1) is 5.41 Å². The molecule has 1 aromatic carbocycles. The van der Waals surface area contributed by atoms with Crippen LogP contribution >= 0.6 is 11.6 Å². The van der Waals surface area contributed by atoms with Gasteiger partial charge in [0.15, 0.2) is 0 Å². The number of nitrogens with zero attached hydrogens (tertiary/aromatic N) is 1. The molecule has 1 aliphatic rings. The number of nitrogens with one attached hydrogen (secondary N) is 1. The number of carbonyl (C=O) groups is 1. The molecule has 0 amide bonds. The van der Waals surface area contributed by atoms with E-state index in [1.165, 1.54) is 12.2 Å². The zero-order valence-corrected chi connectivity index (χ0v) is 14.7. The Balaban J connectivity index is 0.00000242. The Hall–Kier alpha value is -1.37. The summed E-state index contributed by atoms with van der Waals surface area (Å²) in [5.41, 5.74) is 1.21. The third-order valence-corrected chi connectivity index (χ3v) is 3.06. The first-order chi connectivity index (χ1) is 9.99. The summed E-state index contributed by atoms with van der Waals surface area (Å²) in [6, 6.07) is 8.69. The summed E-state index contributed by atoms with van der Waals surface area (Å²) in [5, 5.41) is 29.7. The van der Waals surface area contributed by atoms with Crippen LogP contribution in [0.4, 0.5) is 0 Å². The molecular weight excluding hydrogens is 315 g/mol. The zero-order chi connectivity index (χ0) is 15.4. The van der Waals surface area contributed by atoms with Crippen LogP contribution in [-0.4, -0.2) is 28.5 Å². The van der Waals surface area contributed by atoms with Gasteiger partial charge in [-0.25, -0.2) is 0 Å². The van der Waals surface area contributed by atoms with Crippen LogP contribution in [0.5, 0.6) is 0 Å². The topological polar surface area (TPSA) is 87.5 Å². The third kappa shape index (κ3) is 4.56. The van der Waals surface area contributed by atoms with Crippen molar-refractivity contribution < 1.29 is 44.7 Å². The molecule has 0 aliphatic heterocycles.